The highest BCUT2D eigenvalue weighted by Gasteiger charge is 2.28. The molecule has 0 aliphatic carbocycles. The fourth-order valence-electron chi connectivity index (χ4n) is 1.85. The quantitative estimate of drug-likeness (QED) is 0.742. The summed E-state index contributed by atoms with van der Waals surface area (Å²) in [5, 5.41) is 12.2. The van der Waals surface area contributed by atoms with Crippen LogP contribution in [0.25, 0.3) is 0 Å². The average molecular weight is 206 g/mol. The molecule has 0 spiro atoms. The molecule has 15 heavy (non-hydrogen) atoms. The highest BCUT2D eigenvalue weighted by Crippen LogP contribution is 2.17. The van der Waals surface area contributed by atoms with Gasteiger partial charge in [0.2, 0.25) is 0 Å². The minimum Gasteiger partial charge on any atom is -0.480 e. The number of nitrogens with zero attached hydrogens (tertiary/aromatic N) is 1. The summed E-state index contributed by atoms with van der Waals surface area (Å²) in [6.07, 6.45) is 0. The number of hydrogen-bond donors (Lipinski definition) is 2. The maximum absolute atomic E-state index is 11.1. The number of carboxylic acid groups (broad SMARTS) is 1. The standard InChI is InChI=1S/C11H14N2O2/c14-11(15)10-8-12-6-7-13(10)9-4-2-1-3-5-9/h1-5,10,12H,6-8H2,(H,14,15)/t10-/m0/s1. The van der Waals surface area contributed by atoms with E-state index in [9.17, 15) is 4.79 Å². The molecule has 4 heteroatoms. The summed E-state index contributed by atoms with van der Waals surface area (Å²) in [5.41, 5.74) is 0.978. The van der Waals surface area contributed by atoms with Gasteiger partial charge in [-0.15, -0.1) is 0 Å². The van der Waals surface area contributed by atoms with Crippen molar-refractivity contribution in [3.63, 3.8) is 0 Å². The van der Waals surface area contributed by atoms with Gasteiger partial charge in [0, 0.05) is 25.3 Å². The third kappa shape index (κ3) is 2.10. The normalized spacial score (nSPS) is 21.3. The van der Waals surface area contributed by atoms with Gasteiger partial charge in [-0.3, -0.25) is 0 Å². The van der Waals surface area contributed by atoms with Gasteiger partial charge < -0.3 is 15.3 Å². The van der Waals surface area contributed by atoms with Crippen molar-refractivity contribution in [3.8, 4) is 0 Å². The van der Waals surface area contributed by atoms with Crippen LogP contribution >= 0.6 is 0 Å². The van der Waals surface area contributed by atoms with Gasteiger partial charge >= 0.3 is 5.97 Å². The van der Waals surface area contributed by atoms with Crippen LogP contribution < -0.4 is 10.2 Å². The molecule has 1 atom stereocenters. The molecule has 1 aliphatic rings. The Morgan fingerprint density at radius 3 is 2.80 bits per heavy atom. The van der Waals surface area contributed by atoms with E-state index in [1.807, 2.05) is 35.2 Å². The van der Waals surface area contributed by atoms with E-state index in [1.165, 1.54) is 0 Å². The molecule has 1 aromatic rings. The van der Waals surface area contributed by atoms with Crippen LogP contribution in [0.2, 0.25) is 0 Å². The molecule has 0 saturated carbocycles. The van der Waals surface area contributed by atoms with Gasteiger partial charge in [0.25, 0.3) is 0 Å². The number of aliphatic carboxylic acids is 1. The first-order valence-electron chi connectivity index (χ1n) is 5.04. The molecule has 80 valence electrons. The number of nitrogens with one attached hydrogen (secondary N) is 1. The van der Waals surface area contributed by atoms with Gasteiger partial charge in [0.15, 0.2) is 0 Å². The summed E-state index contributed by atoms with van der Waals surface area (Å²) in [4.78, 5) is 13.0. The third-order valence-electron chi connectivity index (χ3n) is 2.62. The molecular formula is C11H14N2O2. The Morgan fingerprint density at radius 1 is 1.40 bits per heavy atom. The molecule has 1 saturated heterocycles. The second-order valence-electron chi connectivity index (χ2n) is 3.59. The minimum atomic E-state index is -0.772. The van der Waals surface area contributed by atoms with Crippen molar-refractivity contribution in [1.29, 1.82) is 0 Å². The molecule has 1 aliphatic heterocycles. The van der Waals surface area contributed by atoms with E-state index >= 15 is 0 Å². The summed E-state index contributed by atoms with van der Waals surface area (Å²) in [7, 11) is 0. The summed E-state index contributed by atoms with van der Waals surface area (Å²) >= 11 is 0. The number of hydrogen-bond acceptors (Lipinski definition) is 3. The number of piperazine rings is 1. The molecule has 0 aromatic heterocycles. The van der Waals surface area contributed by atoms with Crippen molar-refractivity contribution in [2.45, 2.75) is 6.04 Å². The molecule has 1 heterocycles. The summed E-state index contributed by atoms with van der Waals surface area (Å²) in [6, 6.07) is 9.22. The van der Waals surface area contributed by atoms with Gasteiger partial charge in [0.1, 0.15) is 6.04 Å². The van der Waals surface area contributed by atoms with Gasteiger partial charge in [0.05, 0.1) is 0 Å². The van der Waals surface area contributed by atoms with Crippen LogP contribution in [-0.4, -0.2) is 36.8 Å². The largest absolute Gasteiger partial charge is 0.480 e. The summed E-state index contributed by atoms with van der Waals surface area (Å²) in [5.74, 6) is -0.772. The Balaban J connectivity index is 2.22. The fraction of sp³-hybridized carbons (Fsp3) is 0.364. The Morgan fingerprint density at radius 2 is 2.13 bits per heavy atom. The summed E-state index contributed by atoms with van der Waals surface area (Å²) < 4.78 is 0. The van der Waals surface area contributed by atoms with Gasteiger partial charge in [-0.25, -0.2) is 4.79 Å². The number of carboxylic acids is 1. The van der Waals surface area contributed by atoms with Crippen LogP contribution in [0, 0.1) is 0 Å². The van der Waals surface area contributed by atoms with Crippen LogP contribution in [0.15, 0.2) is 30.3 Å². The highest BCUT2D eigenvalue weighted by atomic mass is 16.4. The zero-order chi connectivity index (χ0) is 10.7. The number of rotatable bonds is 2. The number of anilines is 1. The van der Waals surface area contributed by atoms with E-state index in [2.05, 4.69) is 5.32 Å². The topological polar surface area (TPSA) is 52.6 Å². The lowest BCUT2D eigenvalue weighted by molar-refractivity contribution is -0.138. The fourth-order valence-corrected chi connectivity index (χ4v) is 1.85. The highest BCUT2D eigenvalue weighted by molar-refractivity contribution is 5.78. The minimum absolute atomic E-state index is 0.457. The van der Waals surface area contributed by atoms with Crippen molar-refractivity contribution >= 4 is 11.7 Å². The van der Waals surface area contributed by atoms with E-state index in [1.54, 1.807) is 0 Å². The van der Waals surface area contributed by atoms with Crippen molar-refractivity contribution in [1.82, 2.24) is 5.32 Å². The van der Waals surface area contributed by atoms with Crippen molar-refractivity contribution < 1.29 is 9.90 Å². The zero-order valence-corrected chi connectivity index (χ0v) is 8.39. The molecule has 1 fully saturated rings. The molecule has 0 radical (unpaired) electrons. The van der Waals surface area contributed by atoms with Crippen LogP contribution in [0.4, 0.5) is 5.69 Å². The molecule has 1 aromatic carbocycles. The van der Waals surface area contributed by atoms with Crippen molar-refractivity contribution in [3.05, 3.63) is 30.3 Å². The third-order valence-corrected chi connectivity index (χ3v) is 2.62. The number of benzene rings is 1. The van der Waals surface area contributed by atoms with E-state index < -0.39 is 12.0 Å². The average Bonchev–Trinajstić information content (AvgIpc) is 2.30. The molecule has 0 amide bonds. The second-order valence-corrected chi connectivity index (χ2v) is 3.59. The molecule has 0 bridgehead atoms. The van der Waals surface area contributed by atoms with Crippen LogP contribution in [-0.2, 0) is 4.79 Å². The lowest BCUT2D eigenvalue weighted by Crippen LogP contribution is -2.55. The molecule has 2 N–H and O–H groups in total. The maximum Gasteiger partial charge on any atom is 0.327 e. The Labute approximate surface area is 88.5 Å². The molecule has 2 rings (SSSR count). The Hall–Kier alpha value is -1.55. The Kier molecular flexibility index (Phi) is 2.87. The second kappa shape index (κ2) is 4.31. The molecule has 0 unspecified atom stereocenters. The SMILES string of the molecule is O=C(O)[C@@H]1CNCCN1c1ccccc1. The van der Waals surface area contributed by atoms with Crippen LogP contribution in [0.1, 0.15) is 0 Å². The first kappa shape index (κ1) is 9.98. The van der Waals surface area contributed by atoms with E-state index in [4.69, 9.17) is 5.11 Å². The Bertz CT molecular complexity index is 340. The first-order valence-corrected chi connectivity index (χ1v) is 5.04. The van der Waals surface area contributed by atoms with Gasteiger partial charge in [-0.2, -0.15) is 0 Å². The number of carbonyl (C=O) groups is 1. The zero-order valence-electron chi connectivity index (χ0n) is 8.39. The van der Waals surface area contributed by atoms with Crippen LogP contribution in [0.3, 0.4) is 0 Å². The predicted octanol–water partition coefficient (Wildman–Crippen LogP) is 0.549. The predicted molar refractivity (Wildman–Crippen MR) is 58.1 cm³/mol. The van der Waals surface area contributed by atoms with E-state index in [0.29, 0.717) is 6.54 Å². The van der Waals surface area contributed by atoms with Gasteiger partial charge in [-0.1, -0.05) is 18.2 Å². The van der Waals surface area contributed by atoms with Crippen molar-refractivity contribution in [2.75, 3.05) is 24.5 Å². The maximum atomic E-state index is 11.1. The van der Waals surface area contributed by atoms with Gasteiger partial charge in [-0.05, 0) is 12.1 Å². The lowest BCUT2D eigenvalue weighted by atomic mass is 10.1. The van der Waals surface area contributed by atoms with Crippen molar-refractivity contribution in [2.24, 2.45) is 0 Å². The summed E-state index contributed by atoms with van der Waals surface area (Å²) in [6.45, 7) is 2.07. The van der Waals surface area contributed by atoms with E-state index in [-0.39, 0.29) is 0 Å². The first-order chi connectivity index (χ1) is 7.29. The lowest BCUT2D eigenvalue weighted by Gasteiger charge is -2.35. The monoisotopic (exact) mass is 206 g/mol. The molecule has 4 nitrogen and oxygen atoms in total. The number of para-hydroxylation sites is 1. The molecular weight excluding hydrogens is 192 g/mol. The van der Waals surface area contributed by atoms with E-state index in [0.717, 1.165) is 18.8 Å². The smallest absolute Gasteiger partial charge is 0.327 e. The van der Waals surface area contributed by atoms with Crippen LogP contribution in [0.5, 0.6) is 0 Å².